The van der Waals surface area contributed by atoms with Gasteiger partial charge in [-0.1, -0.05) is 12.1 Å². The number of hydrogen-bond acceptors (Lipinski definition) is 12. The van der Waals surface area contributed by atoms with E-state index >= 15 is 8.78 Å². The Labute approximate surface area is 398 Å². The quantitative estimate of drug-likeness (QED) is 0.180. The topological polar surface area (TPSA) is 134 Å². The molecular formula is C48H52F8N8O6. The van der Waals surface area contributed by atoms with Crippen molar-refractivity contribution in [1.29, 1.82) is 0 Å². The van der Waals surface area contributed by atoms with Crippen molar-refractivity contribution in [2.75, 3.05) is 99.3 Å². The van der Waals surface area contributed by atoms with Gasteiger partial charge in [-0.05, 0) is 88.3 Å². The molecule has 22 heteroatoms. The van der Waals surface area contributed by atoms with Crippen molar-refractivity contribution < 1.29 is 63.7 Å². The molecule has 2 aromatic carbocycles. The van der Waals surface area contributed by atoms with Gasteiger partial charge in [0.2, 0.25) is 11.8 Å². The number of benzene rings is 2. The van der Waals surface area contributed by atoms with E-state index in [1.54, 1.807) is 46.5 Å². The van der Waals surface area contributed by atoms with Crippen molar-refractivity contribution in [3.8, 4) is 0 Å². The standard InChI is InChI=1S/2C24H26F4N4O3/c2*25-18-11-19-20(10-17(18)21-13-34-8-9-35-21)32(12-16-2-1-5-29-22(16)30-19)23(33)15-3-6-31(7-4-15)14-24(26,27)28/h2*1-2,5,10-11,15,21H,3-4,6-9,12-14H2,(H,29,30)/t2*21-/m10/s1. The summed E-state index contributed by atoms with van der Waals surface area (Å²) >= 11 is 0. The first-order chi connectivity index (χ1) is 33.6. The zero-order valence-corrected chi connectivity index (χ0v) is 38.0. The zero-order valence-electron chi connectivity index (χ0n) is 38.0. The number of aromatic nitrogens is 2. The predicted octanol–water partition coefficient (Wildman–Crippen LogP) is 8.35. The van der Waals surface area contributed by atoms with Gasteiger partial charge in [0.05, 0.1) is 88.6 Å². The summed E-state index contributed by atoms with van der Waals surface area (Å²) in [6.45, 7) is 1.18. The average Bonchev–Trinajstić information content (AvgIpc) is 3.60. The van der Waals surface area contributed by atoms with Crippen LogP contribution < -0.4 is 20.4 Å². The maximum atomic E-state index is 15.1. The Balaban J connectivity index is 0.000000174. The minimum atomic E-state index is -4.27. The first-order valence-electron chi connectivity index (χ1n) is 23.2. The number of halogens is 8. The van der Waals surface area contributed by atoms with Gasteiger partial charge in [-0.15, -0.1) is 0 Å². The van der Waals surface area contributed by atoms with E-state index in [2.05, 4.69) is 20.6 Å². The number of piperidine rings is 2. The average molecular weight is 989 g/mol. The highest BCUT2D eigenvalue weighted by Crippen LogP contribution is 2.42. The fraction of sp³-hybridized carbons (Fsp3) is 0.500. The summed E-state index contributed by atoms with van der Waals surface area (Å²) in [5, 5.41) is 6.29. The van der Waals surface area contributed by atoms with E-state index in [0.29, 0.717) is 97.6 Å². The van der Waals surface area contributed by atoms with Crippen LogP contribution in [0, 0.1) is 23.5 Å². The van der Waals surface area contributed by atoms with Gasteiger partial charge in [0.25, 0.3) is 0 Å². The van der Waals surface area contributed by atoms with Crippen LogP contribution in [0.1, 0.15) is 60.1 Å². The van der Waals surface area contributed by atoms with Crippen LogP contribution >= 0.6 is 0 Å². The molecule has 6 aliphatic heterocycles. The Bertz CT molecular complexity index is 2340. The van der Waals surface area contributed by atoms with E-state index in [-0.39, 0.29) is 64.3 Å². The van der Waals surface area contributed by atoms with Crippen molar-refractivity contribution in [1.82, 2.24) is 19.8 Å². The summed E-state index contributed by atoms with van der Waals surface area (Å²) in [4.78, 5) is 42.0. The smallest absolute Gasteiger partial charge is 0.376 e. The Morgan fingerprint density at radius 2 is 1.00 bits per heavy atom. The lowest BCUT2D eigenvalue weighted by Crippen LogP contribution is -2.45. The normalized spacial score (nSPS) is 21.6. The van der Waals surface area contributed by atoms with Gasteiger partial charge < -0.3 is 39.4 Å². The first kappa shape index (κ1) is 49.5. The van der Waals surface area contributed by atoms with E-state index < -0.39 is 61.1 Å². The van der Waals surface area contributed by atoms with Gasteiger partial charge in [0.1, 0.15) is 35.5 Å². The number of carbonyl (C=O) groups is 2. The lowest BCUT2D eigenvalue weighted by molar-refractivity contribution is -0.150. The third-order valence-electron chi connectivity index (χ3n) is 13.3. The summed E-state index contributed by atoms with van der Waals surface area (Å²) in [5.41, 5.74) is 3.85. The van der Waals surface area contributed by atoms with Crippen LogP contribution in [0.3, 0.4) is 0 Å². The molecule has 2 amide bonds. The number of anilines is 6. The van der Waals surface area contributed by atoms with Crippen LogP contribution in [0.15, 0.2) is 60.9 Å². The number of nitrogens with zero attached hydrogens (tertiary/aromatic N) is 6. The minimum absolute atomic E-state index is 0.189. The van der Waals surface area contributed by atoms with Crippen LogP contribution in [0.25, 0.3) is 0 Å². The van der Waals surface area contributed by atoms with Gasteiger partial charge in [-0.3, -0.25) is 19.4 Å². The lowest BCUT2D eigenvalue weighted by Gasteiger charge is -2.35. The van der Waals surface area contributed by atoms with Gasteiger partial charge in [0.15, 0.2) is 0 Å². The summed E-state index contributed by atoms with van der Waals surface area (Å²) in [5.74, 6) is -1.20. The summed E-state index contributed by atoms with van der Waals surface area (Å²) in [6, 6.07) is 13.1. The Morgan fingerprint density at radius 3 is 1.36 bits per heavy atom. The van der Waals surface area contributed by atoms with Crippen molar-refractivity contribution >= 4 is 46.2 Å². The molecule has 10 rings (SSSR count). The van der Waals surface area contributed by atoms with Gasteiger partial charge in [-0.2, -0.15) is 26.3 Å². The molecule has 0 aliphatic carbocycles. The second-order valence-electron chi connectivity index (χ2n) is 18.1. The number of carbonyl (C=O) groups excluding carboxylic acids is 2. The fourth-order valence-electron chi connectivity index (χ4n) is 9.77. The lowest BCUT2D eigenvalue weighted by atomic mass is 9.94. The third-order valence-corrected chi connectivity index (χ3v) is 13.3. The molecule has 2 aromatic heterocycles. The number of rotatable bonds is 6. The molecule has 14 nitrogen and oxygen atoms in total. The van der Waals surface area contributed by atoms with Crippen molar-refractivity contribution in [3.05, 3.63) is 94.8 Å². The van der Waals surface area contributed by atoms with Crippen molar-refractivity contribution in [2.45, 2.75) is 63.3 Å². The van der Waals surface area contributed by atoms with Crippen molar-refractivity contribution in [3.63, 3.8) is 0 Å². The minimum Gasteiger partial charge on any atom is -0.376 e. The second-order valence-corrected chi connectivity index (χ2v) is 18.1. The van der Waals surface area contributed by atoms with Crippen molar-refractivity contribution in [2.24, 2.45) is 11.8 Å². The number of alkyl halides is 6. The number of hydrogen-bond donors (Lipinski definition) is 2. The SMILES string of the molecule is O=C(C1CCN(CC(F)(F)F)CC1)N1Cc2cccnc2Nc2cc(F)c([C@@H]3COCCO3)cc21.O=C(C1CCN(CC(F)(F)F)CC1)N1Cc2cccnc2Nc2cc(F)c([C@H]3COCCO3)cc21. The summed E-state index contributed by atoms with van der Waals surface area (Å²) < 4.78 is 129. The predicted molar refractivity (Wildman–Crippen MR) is 240 cm³/mol. The highest BCUT2D eigenvalue weighted by Gasteiger charge is 2.39. The number of fused-ring (bicyclic) bond motifs is 4. The van der Waals surface area contributed by atoms with E-state index in [0.717, 1.165) is 11.1 Å². The van der Waals surface area contributed by atoms with Crippen LogP contribution in [-0.2, 0) is 41.6 Å². The zero-order chi connectivity index (χ0) is 49.2. The Kier molecular flexibility index (Phi) is 14.9. The molecule has 0 bridgehead atoms. The largest absolute Gasteiger partial charge is 0.401 e. The first-order valence-corrected chi connectivity index (χ1v) is 23.2. The number of amides is 2. The van der Waals surface area contributed by atoms with Crippen LogP contribution in [0.4, 0.5) is 69.5 Å². The van der Waals surface area contributed by atoms with Gasteiger partial charge in [0, 0.05) is 46.5 Å². The molecule has 4 saturated heterocycles. The molecule has 2 atom stereocenters. The van der Waals surface area contributed by atoms with E-state index in [4.69, 9.17) is 18.9 Å². The van der Waals surface area contributed by atoms with E-state index in [1.165, 1.54) is 21.9 Å². The molecule has 8 heterocycles. The highest BCUT2D eigenvalue weighted by molar-refractivity contribution is 6.01. The van der Waals surface area contributed by atoms with Gasteiger partial charge >= 0.3 is 12.4 Å². The number of likely N-dealkylation sites (tertiary alicyclic amines) is 2. The molecule has 0 saturated carbocycles. The Morgan fingerprint density at radius 1 is 0.600 bits per heavy atom. The maximum Gasteiger partial charge on any atom is 0.401 e. The monoisotopic (exact) mass is 988 g/mol. The summed E-state index contributed by atoms with van der Waals surface area (Å²) in [7, 11) is 0. The fourth-order valence-corrected chi connectivity index (χ4v) is 9.77. The summed E-state index contributed by atoms with van der Waals surface area (Å²) in [6.07, 6.45) is -5.23. The van der Waals surface area contributed by atoms with Crippen LogP contribution in [0.2, 0.25) is 0 Å². The molecule has 0 radical (unpaired) electrons. The van der Waals surface area contributed by atoms with Crippen LogP contribution in [0.5, 0.6) is 0 Å². The maximum absolute atomic E-state index is 15.1. The number of nitrogens with one attached hydrogen (secondary N) is 2. The molecule has 376 valence electrons. The highest BCUT2D eigenvalue weighted by atomic mass is 19.4. The molecule has 70 heavy (non-hydrogen) atoms. The second kappa shape index (κ2) is 21.1. The molecule has 2 N–H and O–H groups in total. The molecule has 0 spiro atoms. The molecule has 4 fully saturated rings. The Hall–Kier alpha value is -5.52. The number of ether oxygens (including phenoxy) is 4. The molecule has 0 unspecified atom stereocenters. The van der Waals surface area contributed by atoms with E-state index in [9.17, 15) is 35.9 Å². The third kappa shape index (κ3) is 11.6. The van der Waals surface area contributed by atoms with Crippen LogP contribution in [-0.4, -0.2) is 123 Å². The van der Waals surface area contributed by atoms with E-state index in [1.807, 2.05) is 12.1 Å². The van der Waals surface area contributed by atoms with Gasteiger partial charge in [-0.25, -0.2) is 18.7 Å². The molecule has 4 aromatic rings. The molecular weight excluding hydrogens is 937 g/mol. The number of pyridine rings is 2. The molecule has 6 aliphatic rings.